The van der Waals surface area contributed by atoms with Gasteiger partial charge in [-0.15, -0.1) is 0 Å². The Morgan fingerprint density at radius 2 is 2.36 bits per heavy atom. The summed E-state index contributed by atoms with van der Waals surface area (Å²) in [5.74, 6) is 0.523. The molecule has 1 aliphatic rings. The monoisotopic (exact) mass is 321 g/mol. The number of thiazole rings is 1. The molecule has 7 heteroatoms. The van der Waals surface area contributed by atoms with Crippen LogP contribution < -0.4 is 4.90 Å². The van der Waals surface area contributed by atoms with Crippen molar-refractivity contribution >= 4 is 22.3 Å². The molecule has 0 fully saturated rings. The highest BCUT2D eigenvalue weighted by atomic mass is 32.1. The Morgan fingerprint density at radius 3 is 3.09 bits per heavy atom. The first kappa shape index (κ1) is 15.0. The fourth-order valence-corrected chi connectivity index (χ4v) is 3.56. The van der Waals surface area contributed by atoms with Crippen LogP contribution in [0.15, 0.2) is 10.8 Å². The average Bonchev–Trinajstić information content (AvgIpc) is 3.05. The first-order valence-corrected chi connectivity index (χ1v) is 8.31. The van der Waals surface area contributed by atoms with Crippen molar-refractivity contribution < 1.29 is 13.9 Å². The number of esters is 1. The summed E-state index contributed by atoms with van der Waals surface area (Å²) in [7, 11) is 0. The van der Waals surface area contributed by atoms with E-state index in [1.54, 1.807) is 6.92 Å². The van der Waals surface area contributed by atoms with E-state index >= 15 is 0 Å². The molecule has 0 unspecified atom stereocenters. The number of aromatic nitrogens is 2. The van der Waals surface area contributed by atoms with E-state index in [1.807, 2.05) is 6.92 Å². The van der Waals surface area contributed by atoms with Crippen molar-refractivity contribution in [2.24, 2.45) is 0 Å². The molecule has 3 rings (SSSR count). The number of rotatable bonds is 4. The molecule has 6 nitrogen and oxygen atoms in total. The van der Waals surface area contributed by atoms with E-state index in [0.717, 1.165) is 48.0 Å². The second kappa shape index (κ2) is 6.48. The molecule has 1 aliphatic heterocycles. The maximum Gasteiger partial charge on any atom is 0.367 e. The van der Waals surface area contributed by atoms with Crippen molar-refractivity contribution in [3.8, 4) is 0 Å². The standard InChI is InChI=1S/C15H19N3O3S/c1-3-20-15(19)13-17-11-6-4-5-7-18(14(11)22-13)8-12-10(2)16-9-21-12/h9H,3-8H2,1-2H3. The lowest BCUT2D eigenvalue weighted by Crippen LogP contribution is -2.22. The molecule has 0 aromatic carbocycles. The molecule has 22 heavy (non-hydrogen) atoms. The van der Waals surface area contributed by atoms with Gasteiger partial charge < -0.3 is 14.1 Å². The summed E-state index contributed by atoms with van der Waals surface area (Å²) in [5.41, 5.74) is 1.89. The number of carbonyl (C=O) groups is 1. The van der Waals surface area contributed by atoms with Crippen molar-refractivity contribution in [2.45, 2.75) is 39.7 Å². The highest BCUT2D eigenvalue weighted by Crippen LogP contribution is 2.34. The van der Waals surface area contributed by atoms with Gasteiger partial charge in [0.2, 0.25) is 5.01 Å². The lowest BCUT2D eigenvalue weighted by Gasteiger charge is -2.20. The Morgan fingerprint density at radius 1 is 1.50 bits per heavy atom. The van der Waals surface area contributed by atoms with Crippen molar-refractivity contribution in [3.63, 3.8) is 0 Å². The molecule has 2 aromatic heterocycles. The van der Waals surface area contributed by atoms with E-state index in [0.29, 0.717) is 18.2 Å². The maximum absolute atomic E-state index is 11.9. The van der Waals surface area contributed by atoms with Crippen LogP contribution in [0.4, 0.5) is 5.00 Å². The van der Waals surface area contributed by atoms with Crippen LogP contribution >= 0.6 is 11.3 Å². The number of aryl methyl sites for hydroxylation is 2. The predicted octanol–water partition coefficient (Wildman–Crippen LogP) is 2.96. The van der Waals surface area contributed by atoms with Crippen molar-refractivity contribution in [1.82, 2.24) is 9.97 Å². The molecule has 0 saturated heterocycles. The molecule has 0 radical (unpaired) electrons. The summed E-state index contributed by atoms with van der Waals surface area (Å²) in [4.78, 5) is 22.8. The Hall–Kier alpha value is -1.89. The van der Waals surface area contributed by atoms with Crippen LogP contribution in [0.1, 0.15) is 46.7 Å². The summed E-state index contributed by atoms with van der Waals surface area (Å²) in [5, 5.41) is 1.49. The van der Waals surface area contributed by atoms with Crippen LogP contribution in [0, 0.1) is 6.92 Å². The zero-order valence-electron chi connectivity index (χ0n) is 12.8. The summed E-state index contributed by atoms with van der Waals surface area (Å²) in [6.45, 7) is 5.69. The van der Waals surface area contributed by atoms with Gasteiger partial charge in [-0.3, -0.25) is 0 Å². The van der Waals surface area contributed by atoms with Crippen LogP contribution in [0.3, 0.4) is 0 Å². The average molecular weight is 321 g/mol. The fourth-order valence-electron chi connectivity index (χ4n) is 2.53. The van der Waals surface area contributed by atoms with Crippen LogP contribution in [0.25, 0.3) is 0 Å². The molecule has 0 N–H and O–H groups in total. The third-order valence-electron chi connectivity index (χ3n) is 3.68. The highest BCUT2D eigenvalue weighted by molar-refractivity contribution is 7.17. The minimum absolute atomic E-state index is 0.337. The third kappa shape index (κ3) is 2.99. The van der Waals surface area contributed by atoms with Crippen LogP contribution in [-0.4, -0.2) is 29.1 Å². The second-order valence-corrected chi connectivity index (χ2v) is 6.21. The molecule has 2 aromatic rings. The van der Waals surface area contributed by atoms with Gasteiger partial charge in [-0.05, 0) is 33.1 Å². The summed E-state index contributed by atoms with van der Waals surface area (Å²) >= 11 is 1.41. The molecule has 0 saturated carbocycles. The fraction of sp³-hybridized carbons (Fsp3) is 0.533. The van der Waals surface area contributed by atoms with Crippen LogP contribution in [0.5, 0.6) is 0 Å². The molecule has 118 valence electrons. The highest BCUT2D eigenvalue weighted by Gasteiger charge is 2.24. The number of oxazole rings is 1. The largest absolute Gasteiger partial charge is 0.461 e. The number of hydrogen-bond acceptors (Lipinski definition) is 7. The van der Waals surface area contributed by atoms with Gasteiger partial charge in [0.15, 0.2) is 6.39 Å². The van der Waals surface area contributed by atoms with Gasteiger partial charge in [-0.1, -0.05) is 11.3 Å². The molecule has 0 atom stereocenters. The van der Waals surface area contributed by atoms with Gasteiger partial charge in [0, 0.05) is 6.54 Å². The molecule has 0 amide bonds. The van der Waals surface area contributed by atoms with Crippen LogP contribution in [0.2, 0.25) is 0 Å². The zero-order chi connectivity index (χ0) is 15.5. The number of hydrogen-bond donors (Lipinski definition) is 0. The number of anilines is 1. The molecule has 0 spiro atoms. The van der Waals surface area contributed by atoms with E-state index in [2.05, 4.69) is 14.9 Å². The third-order valence-corrected chi connectivity index (χ3v) is 4.82. The number of ether oxygens (including phenoxy) is 1. The first-order chi connectivity index (χ1) is 10.7. The molecular formula is C15H19N3O3S. The van der Waals surface area contributed by atoms with E-state index in [1.165, 1.54) is 17.7 Å². The summed E-state index contributed by atoms with van der Waals surface area (Å²) < 4.78 is 10.5. The smallest absolute Gasteiger partial charge is 0.367 e. The molecule has 0 aliphatic carbocycles. The topological polar surface area (TPSA) is 68.5 Å². The van der Waals surface area contributed by atoms with Gasteiger partial charge in [-0.2, -0.15) is 0 Å². The number of fused-ring (bicyclic) bond motifs is 1. The summed E-state index contributed by atoms with van der Waals surface area (Å²) in [6.07, 6.45) is 4.55. The number of nitrogens with zero attached hydrogens (tertiary/aromatic N) is 3. The van der Waals surface area contributed by atoms with Crippen molar-refractivity contribution in [1.29, 1.82) is 0 Å². The molecule has 0 bridgehead atoms. The maximum atomic E-state index is 11.9. The van der Waals surface area contributed by atoms with Crippen molar-refractivity contribution in [2.75, 3.05) is 18.1 Å². The molecular weight excluding hydrogens is 302 g/mol. The second-order valence-electron chi connectivity index (χ2n) is 5.23. The normalized spacial score (nSPS) is 14.5. The quantitative estimate of drug-likeness (QED) is 0.807. The van der Waals surface area contributed by atoms with E-state index < -0.39 is 0 Å². The first-order valence-electron chi connectivity index (χ1n) is 7.49. The minimum Gasteiger partial charge on any atom is -0.461 e. The van der Waals surface area contributed by atoms with Crippen molar-refractivity contribution in [3.05, 3.63) is 28.5 Å². The Balaban J connectivity index is 1.87. The number of carbonyl (C=O) groups excluding carboxylic acids is 1. The van der Waals surface area contributed by atoms with Gasteiger partial charge in [0.05, 0.1) is 24.5 Å². The van der Waals surface area contributed by atoms with Gasteiger partial charge >= 0.3 is 5.97 Å². The zero-order valence-corrected chi connectivity index (χ0v) is 13.6. The Bertz CT molecular complexity index is 665. The van der Waals surface area contributed by atoms with E-state index in [9.17, 15) is 4.79 Å². The van der Waals surface area contributed by atoms with Gasteiger partial charge in [0.1, 0.15) is 10.8 Å². The van der Waals surface area contributed by atoms with Gasteiger partial charge in [0.25, 0.3) is 0 Å². The van der Waals surface area contributed by atoms with Crippen LogP contribution in [-0.2, 0) is 17.7 Å². The van der Waals surface area contributed by atoms with Gasteiger partial charge in [-0.25, -0.2) is 14.8 Å². The SMILES string of the molecule is CCOC(=O)c1nc2c(s1)N(Cc1ocnc1C)CCCC2. The predicted molar refractivity (Wildman–Crippen MR) is 83.3 cm³/mol. The Labute approximate surface area is 133 Å². The minimum atomic E-state index is -0.337. The lowest BCUT2D eigenvalue weighted by atomic mass is 10.2. The molecule has 3 heterocycles. The Kier molecular flexibility index (Phi) is 4.42. The van der Waals surface area contributed by atoms with E-state index in [-0.39, 0.29) is 5.97 Å². The summed E-state index contributed by atoms with van der Waals surface area (Å²) in [6, 6.07) is 0. The van der Waals surface area contributed by atoms with E-state index in [4.69, 9.17) is 9.15 Å². The lowest BCUT2D eigenvalue weighted by molar-refractivity contribution is 0.0525.